The Morgan fingerprint density at radius 3 is 1.78 bits per heavy atom. The third kappa shape index (κ3) is 18.9. The molecule has 0 saturated heterocycles. The second-order valence-corrected chi connectivity index (χ2v) is 2.62. The van der Waals surface area contributed by atoms with Crippen molar-refractivity contribution in [2.75, 3.05) is 0 Å². The number of carbonyl (C=O) groups excluding carboxylic acids is 2. The van der Waals surface area contributed by atoms with Gasteiger partial charge in [0.15, 0.2) is 0 Å². The van der Waals surface area contributed by atoms with Crippen molar-refractivity contribution in [3.8, 4) is 0 Å². The Balaban J connectivity index is 0. The highest BCUT2D eigenvalue weighted by Gasteiger charge is 1.72. The second kappa shape index (κ2) is 16.6. The maximum absolute atomic E-state index is 8.35. The van der Waals surface area contributed by atoms with Gasteiger partial charge in [-0.25, -0.2) is 25.4 Å². The van der Waals surface area contributed by atoms with E-state index in [4.69, 9.17) is 20.4 Å². The van der Waals surface area contributed by atoms with Gasteiger partial charge in [-0.15, -0.1) is 0 Å². The molecule has 0 unspecified atom stereocenters. The van der Waals surface area contributed by atoms with E-state index in [1.54, 1.807) is 18.7 Å². The Morgan fingerprint density at radius 2 is 1.61 bits per heavy atom. The molecule has 0 aliphatic heterocycles. The fraction of sp³-hybridized carbons (Fsp3) is 0.0833. The van der Waals surface area contributed by atoms with Crippen LogP contribution >= 0.6 is 0 Å². The number of benzene rings is 1. The third-order valence-electron chi connectivity index (χ3n) is 1.35. The van der Waals surface area contributed by atoms with Crippen LogP contribution in [0.25, 0.3) is 0 Å². The molecule has 6 heteroatoms. The van der Waals surface area contributed by atoms with Crippen LogP contribution in [0.5, 0.6) is 0 Å². The van der Waals surface area contributed by atoms with Crippen molar-refractivity contribution in [2.24, 2.45) is 0 Å². The molecule has 2 aromatic rings. The summed E-state index contributed by atoms with van der Waals surface area (Å²) in [6, 6.07) is 10.3. The van der Waals surface area contributed by atoms with Crippen LogP contribution in [-0.4, -0.2) is 22.1 Å². The van der Waals surface area contributed by atoms with Crippen LogP contribution in [0.2, 0.25) is 0 Å². The number of H-pyrrole nitrogens is 1. The van der Waals surface area contributed by atoms with E-state index in [-0.39, 0.29) is 0 Å². The van der Waals surface area contributed by atoms with Gasteiger partial charge in [0, 0.05) is 12.4 Å². The first-order valence-corrected chi connectivity index (χ1v) is 4.75. The maximum atomic E-state index is 8.35. The Morgan fingerprint density at radius 1 is 1.11 bits per heavy atom. The van der Waals surface area contributed by atoms with E-state index in [0.717, 1.165) is 12.2 Å². The van der Waals surface area contributed by atoms with Crippen molar-refractivity contribution >= 4 is 12.2 Å². The SMILES string of the molecule is Cc1ccccc1.N=C=O.N=C=O.c1c[nH]cn1. The lowest BCUT2D eigenvalue weighted by Gasteiger charge is -1.82. The molecule has 6 nitrogen and oxygen atoms in total. The van der Waals surface area contributed by atoms with Crippen LogP contribution in [0.15, 0.2) is 49.1 Å². The smallest absolute Gasteiger partial charge is 0.231 e. The Kier molecular flexibility index (Phi) is 16.2. The summed E-state index contributed by atoms with van der Waals surface area (Å²) in [6.07, 6.45) is 6.58. The Bertz CT molecular complexity index is 399. The maximum Gasteiger partial charge on any atom is 0.231 e. The lowest BCUT2D eigenvalue weighted by atomic mass is 10.2. The Hall–Kier alpha value is -2.81. The minimum Gasteiger partial charge on any atom is -0.351 e. The minimum absolute atomic E-state index is 0.750. The fourth-order valence-corrected chi connectivity index (χ4v) is 0.750. The molecule has 0 saturated carbocycles. The summed E-state index contributed by atoms with van der Waals surface area (Å²) < 4.78 is 0. The summed E-state index contributed by atoms with van der Waals surface area (Å²) in [5.41, 5.74) is 1.32. The summed E-state index contributed by atoms with van der Waals surface area (Å²) >= 11 is 0. The number of isocyanates is 2. The molecule has 94 valence electrons. The van der Waals surface area contributed by atoms with Crippen molar-refractivity contribution in [2.45, 2.75) is 6.92 Å². The molecule has 2 rings (SSSR count). The van der Waals surface area contributed by atoms with Crippen LogP contribution in [0.1, 0.15) is 5.56 Å². The first kappa shape index (κ1) is 17.6. The van der Waals surface area contributed by atoms with Crippen LogP contribution < -0.4 is 0 Å². The number of nitrogens with one attached hydrogen (secondary N) is 3. The third-order valence-corrected chi connectivity index (χ3v) is 1.35. The Labute approximate surface area is 105 Å². The van der Waals surface area contributed by atoms with E-state index < -0.39 is 0 Å². The molecule has 1 aromatic heterocycles. The van der Waals surface area contributed by atoms with Gasteiger partial charge in [-0.2, -0.15) is 0 Å². The van der Waals surface area contributed by atoms with Gasteiger partial charge in [-0.3, -0.25) is 0 Å². The molecule has 0 radical (unpaired) electrons. The number of aromatic nitrogens is 2. The highest BCUT2D eigenvalue weighted by Crippen LogP contribution is 1.92. The summed E-state index contributed by atoms with van der Waals surface area (Å²) in [4.78, 5) is 23.1. The van der Waals surface area contributed by atoms with E-state index in [0.29, 0.717) is 0 Å². The predicted octanol–water partition coefficient (Wildman–Crippen LogP) is 2.21. The fourth-order valence-electron chi connectivity index (χ4n) is 0.750. The second-order valence-electron chi connectivity index (χ2n) is 2.62. The van der Waals surface area contributed by atoms with Gasteiger partial charge in [-0.05, 0) is 6.92 Å². The molecule has 18 heavy (non-hydrogen) atoms. The van der Waals surface area contributed by atoms with Gasteiger partial charge in [0.2, 0.25) is 12.2 Å². The first-order valence-electron chi connectivity index (χ1n) is 4.75. The summed E-state index contributed by atoms with van der Waals surface area (Å²) in [5.74, 6) is 0. The summed E-state index contributed by atoms with van der Waals surface area (Å²) in [5, 5.41) is 10.8. The number of aryl methyl sites for hydroxylation is 1. The molecule has 1 heterocycles. The lowest BCUT2D eigenvalue weighted by molar-refractivity contribution is 0.562. The summed E-state index contributed by atoms with van der Waals surface area (Å²) in [7, 11) is 0. The molecule has 0 spiro atoms. The molecule has 0 bridgehead atoms. The largest absolute Gasteiger partial charge is 0.351 e. The van der Waals surface area contributed by atoms with E-state index in [1.165, 1.54) is 5.56 Å². The van der Waals surface area contributed by atoms with Gasteiger partial charge in [0.05, 0.1) is 6.33 Å². The highest BCUT2D eigenvalue weighted by molar-refractivity contribution is 5.26. The molecular weight excluding hydrogens is 232 g/mol. The van der Waals surface area contributed by atoms with Gasteiger partial charge >= 0.3 is 0 Å². The monoisotopic (exact) mass is 246 g/mol. The minimum atomic E-state index is 0.750. The zero-order chi connectivity index (χ0) is 14.1. The molecule has 1 aromatic carbocycles. The van der Waals surface area contributed by atoms with Crippen molar-refractivity contribution < 1.29 is 9.59 Å². The van der Waals surface area contributed by atoms with Crippen LogP contribution in [0.4, 0.5) is 0 Å². The standard InChI is InChI=1S/C7H8.C3H4N2.2CHNO/c1-7-5-3-2-4-6-7;1-2-5-3-4-1;2*2-1-3/h2-6H,1H3;1-3H,(H,4,5);2*2H. The van der Waals surface area contributed by atoms with Crippen molar-refractivity contribution in [3.63, 3.8) is 0 Å². The van der Waals surface area contributed by atoms with Gasteiger partial charge in [0.25, 0.3) is 0 Å². The topological polar surface area (TPSA) is 111 Å². The highest BCUT2D eigenvalue weighted by atomic mass is 16.1. The van der Waals surface area contributed by atoms with Crippen LogP contribution in [0, 0.1) is 17.7 Å². The van der Waals surface area contributed by atoms with Gasteiger partial charge in [0.1, 0.15) is 0 Å². The number of rotatable bonds is 0. The zero-order valence-corrected chi connectivity index (χ0v) is 9.88. The number of hydrogen-bond donors (Lipinski definition) is 3. The van der Waals surface area contributed by atoms with Gasteiger partial charge in [-0.1, -0.05) is 35.9 Å². The van der Waals surface area contributed by atoms with E-state index in [9.17, 15) is 0 Å². The molecule has 0 aliphatic rings. The van der Waals surface area contributed by atoms with Crippen molar-refractivity contribution in [1.29, 1.82) is 10.8 Å². The number of imidazole rings is 1. The predicted molar refractivity (Wildman–Crippen MR) is 66.6 cm³/mol. The molecular formula is C12H14N4O2. The quantitative estimate of drug-likeness (QED) is 0.489. The molecule has 3 N–H and O–H groups in total. The zero-order valence-electron chi connectivity index (χ0n) is 9.88. The van der Waals surface area contributed by atoms with E-state index in [2.05, 4.69) is 29.0 Å². The molecule has 0 fully saturated rings. The normalized spacial score (nSPS) is 6.50. The summed E-state index contributed by atoms with van der Waals surface area (Å²) in [6.45, 7) is 2.08. The first-order chi connectivity index (χ1) is 8.72. The van der Waals surface area contributed by atoms with Crippen LogP contribution in [-0.2, 0) is 9.59 Å². The molecule has 0 atom stereocenters. The number of aromatic amines is 1. The van der Waals surface area contributed by atoms with Gasteiger partial charge < -0.3 is 4.98 Å². The lowest BCUT2D eigenvalue weighted by Crippen LogP contribution is -1.62. The average molecular weight is 246 g/mol. The molecule has 0 amide bonds. The van der Waals surface area contributed by atoms with E-state index in [1.807, 2.05) is 18.2 Å². The van der Waals surface area contributed by atoms with Crippen molar-refractivity contribution in [3.05, 3.63) is 54.6 Å². The molecule has 0 aliphatic carbocycles. The van der Waals surface area contributed by atoms with Crippen molar-refractivity contribution in [1.82, 2.24) is 9.97 Å². The van der Waals surface area contributed by atoms with Crippen LogP contribution in [0.3, 0.4) is 0 Å². The van der Waals surface area contributed by atoms with E-state index >= 15 is 0 Å². The average Bonchev–Trinajstić information content (AvgIpc) is 2.90. The number of hydrogen-bond acceptors (Lipinski definition) is 5. The number of nitrogens with zero attached hydrogens (tertiary/aromatic N) is 1.